The standard InChI is InChI=1S/C20H24Cl2N2O3S/c1-13(2)15(4)23-19(25)12-24(18-7-5-6-17(21)20(18)22)28(26,27)16-10-8-14(3)9-11-16/h5-11,13,15H,12H2,1-4H3,(H,23,25)/t15-/m1/s1. The van der Waals surface area contributed by atoms with Crippen LogP contribution in [0.4, 0.5) is 5.69 Å². The van der Waals surface area contributed by atoms with Crippen LogP contribution in [-0.4, -0.2) is 26.9 Å². The molecular weight excluding hydrogens is 419 g/mol. The normalized spacial score (nSPS) is 12.7. The Labute approximate surface area is 176 Å². The quantitative estimate of drug-likeness (QED) is 0.677. The number of sulfonamides is 1. The molecular formula is C20H24Cl2N2O3S. The monoisotopic (exact) mass is 442 g/mol. The summed E-state index contributed by atoms with van der Waals surface area (Å²) in [6, 6.07) is 11.0. The van der Waals surface area contributed by atoms with Crippen LogP contribution in [0.2, 0.25) is 10.0 Å². The van der Waals surface area contributed by atoms with Crippen molar-refractivity contribution in [3.8, 4) is 0 Å². The molecule has 0 aliphatic heterocycles. The molecule has 0 saturated carbocycles. The highest BCUT2D eigenvalue weighted by atomic mass is 35.5. The van der Waals surface area contributed by atoms with Gasteiger partial charge in [-0.2, -0.15) is 0 Å². The molecule has 0 fully saturated rings. The van der Waals surface area contributed by atoms with Gasteiger partial charge in [0.05, 0.1) is 20.6 Å². The predicted octanol–water partition coefficient (Wildman–Crippen LogP) is 4.66. The maximum absolute atomic E-state index is 13.3. The molecule has 0 bridgehead atoms. The number of hydrogen-bond donors (Lipinski definition) is 1. The maximum Gasteiger partial charge on any atom is 0.264 e. The molecule has 0 unspecified atom stereocenters. The lowest BCUT2D eigenvalue weighted by Crippen LogP contribution is -2.45. The van der Waals surface area contributed by atoms with Crippen molar-refractivity contribution in [3.05, 3.63) is 58.1 Å². The van der Waals surface area contributed by atoms with Crippen LogP contribution in [-0.2, 0) is 14.8 Å². The van der Waals surface area contributed by atoms with Crippen LogP contribution in [0.5, 0.6) is 0 Å². The minimum atomic E-state index is -4.03. The Hall–Kier alpha value is -1.76. The molecule has 2 aromatic carbocycles. The van der Waals surface area contributed by atoms with E-state index in [0.29, 0.717) is 0 Å². The van der Waals surface area contributed by atoms with E-state index in [4.69, 9.17) is 23.2 Å². The van der Waals surface area contributed by atoms with Crippen molar-refractivity contribution >= 4 is 44.8 Å². The van der Waals surface area contributed by atoms with Gasteiger partial charge in [0.1, 0.15) is 6.54 Å². The third-order valence-electron chi connectivity index (χ3n) is 4.48. The summed E-state index contributed by atoms with van der Waals surface area (Å²) in [6.45, 7) is 7.27. The van der Waals surface area contributed by atoms with Crippen molar-refractivity contribution in [3.63, 3.8) is 0 Å². The summed E-state index contributed by atoms with van der Waals surface area (Å²) in [5, 5.41) is 3.11. The number of carbonyl (C=O) groups excluding carboxylic acids is 1. The first kappa shape index (κ1) is 22.5. The summed E-state index contributed by atoms with van der Waals surface area (Å²) in [7, 11) is -4.03. The number of carbonyl (C=O) groups is 1. The fourth-order valence-corrected chi connectivity index (χ4v) is 4.30. The average molecular weight is 443 g/mol. The molecule has 0 aliphatic carbocycles. The number of benzene rings is 2. The van der Waals surface area contributed by atoms with Crippen LogP contribution >= 0.6 is 23.2 Å². The van der Waals surface area contributed by atoms with E-state index in [-0.39, 0.29) is 32.6 Å². The largest absolute Gasteiger partial charge is 0.352 e. The first-order valence-electron chi connectivity index (χ1n) is 8.86. The highest BCUT2D eigenvalue weighted by Crippen LogP contribution is 2.35. The molecule has 0 heterocycles. The van der Waals surface area contributed by atoms with E-state index in [1.165, 1.54) is 18.2 Å². The number of nitrogens with one attached hydrogen (secondary N) is 1. The van der Waals surface area contributed by atoms with Gasteiger partial charge in [-0.15, -0.1) is 0 Å². The third-order valence-corrected chi connectivity index (χ3v) is 7.07. The second kappa shape index (κ2) is 9.16. The summed E-state index contributed by atoms with van der Waals surface area (Å²) < 4.78 is 27.6. The van der Waals surface area contributed by atoms with Gasteiger partial charge in [-0.3, -0.25) is 9.10 Å². The summed E-state index contributed by atoms with van der Waals surface area (Å²) >= 11 is 12.4. The lowest BCUT2D eigenvalue weighted by molar-refractivity contribution is -0.120. The SMILES string of the molecule is Cc1ccc(S(=O)(=O)N(CC(=O)N[C@H](C)C(C)C)c2cccc(Cl)c2Cl)cc1. The second-order valence-corrected chi connectivity index (χ2v) is 9.65. The molecule has 0 radical (unpaired) electrons. The lowest BCUT2D eigenvalue weighted by Gasteiger charge is -2.26. The number of aryl methyl sites for hydroxylation is 1. The molecule has 0 spiro atoms. The summed E-state index contributed by atoms with van der Waals surface area (Å²) in [4.78, 5) is 12.6. The van der Waals surface area contributed by atoms with Gasteiger partial charge in [-0.25, -0.2) is 8.42 Å². The van der Waals surface area contributed by atoms with Crippen LogP contribution in [0, 0.1) is 12.8 Å². The predicted molar refractivity (Wildman–Crippen MR) is 115 cm³/mol. The van der Waals surface area contributed by atoms with Crippen LogP contribution in [0.1, 0.15) is 26.3 Å². The summed E-state index contributed by atoms with van der Waals surface area (Å²) in [6.07, 6.45) is 0. The zero-order valence-electron chi connectivity index (χ0n) is 16.2. The average Bonchev–Trinajstić information content (AvgIpc) is 2.62. The van der Waals surface area contributed by atoms with E-state index >= 15 is 0 Å². The molecule has 0 aromatic heterocycles. The van der Waals surface area contributed by atoms with Crippen molar-refractivity contribution in [2.45, 2.75) is 38.6 Å². The van der Waals surface area contributed by atoms with E-state index in [0.717, 1.165) is 9.87 Å². The number of nitrogens with zero attached hydrogens (tertiary/aromatic N) is 1. The number of halogens is 2. The fourth-order valence-electron chi connectivity index (χ4n) is 2.42. The Morgan fingerprint density at radius 2 is 1.68 bits per heavy atom. The van der Waals surface area contributed by atoms with E-state index < -0.39 is 22.5 Å². The van der Waals surface area contributed by atoms with E-state index in [9.17, 15) is 13.2 Å². The molecule has 0 aliphatic rings. The topological polar surface area (TPSA) is 66.5 Å². The molecule has 2 aromatic rings. The Balaban J connectivity index is 2.48. The number of anilines is 1. The lowest BCUT2D eigenvalue weighted by atomic mass is 10.1. The van der Waals surface area contributed by atoms with Gasteiger partial charge in [0.2, 0.25) is 5.91 Å². The van der Waals surface area contributed by atoms with Crippen molar-refractivity contribution < 1.29 is 13.2 Å². The van der Waals surface area contributed by atoms with Crippen molar-refractivity contribution in [2.75, 3.05) is 10.8 Å². The Kier molecular flexibility index (Phi) is 7.37. The fraction of sp³-hybridized carbons (Fsp3) is 0.350. The zero-order valence-corrected chi connectivity index (χ0v) is 18.6. The highest BCUT2D eigenvalue weighted by molar-refractivity contribution is 7.92. The minimum absolute atomic E-state index is 0.0684. The number of hydrogen-bond acceptors (Lipinski definition) is 3. The van der Waals surface area contributed by atoms with Gasteiger partial charge in [0.25, 0.3) is 10.0 Å². The van der Waals surface area contributed by atoms with Crippen LogP contribution in [0.15, 0.2) is 47.4 Å². The van der Waals surface area contributed by atoms with Crippen molar-refractivity contribution in [2.24, 2.45) is 5.92 Å². The summed E-state index contributed by atoms with van der Waals surface area (Å²) in [5.41, 5.74) is 1.08. The van der Waals surface area contributed by atoms with Crippen LogP contribution < -0.4 is 9.62 Å². The zero-order chi connectivity index (χ0) is 21.1. The van der Waals surface area contributed by atoms with E-state index in [1.54, 1.807) is 24.3 Å². The van der Waals surface area contributed by atoms with Gasteiger partial charge in [0.15, 0.2) is 0 Å². The third kappa shape index (κ3) is 5.19. The van der Waals surface area contributed by atoms with Gasteiger partial charge in [-0.05, 0) is 44.0 Å². The molecule has 28 heavy (non-hydrogen) atoms. The first-order chi connectivity index (χ1) is 13.0. The van der Waals surface area contributed by atoms with Gasteiger partial charge in [-0.1, -0.05) is 60.8 Å². The molecule has 152 valence electrons. The molecule has 5 nitrogen and oxygen atoms in total. The van der Waals surface area contributed by atoms with E-state index in [2.05, 4.69) is 5.32 Å². The molecule has 1 atom stereocenters. The minimum Gasteiger partial charge on any atom is -0.352 e. The Bertz CT molecular complexity index is 944. The first-order valence-corrected chi connectivity index (χ1v) is 11.1. The van der Waals surface area contributed by atoms with Gasteiger partial charge < -0.3 is 5.32 Å². The molecule has 8 heteroatoms. The van der Waals surface area contributed by atoms with E-state index in [1.807, 2.05) is 27.7 Å². The molecule has 1 N–H and O–H groups in total. The Morgan fingerprint density at radius 1 is 1.07 bits per heavy atom. The molecule has 2 rings (SSSR count). The van der Waals surface area contributed by atoms with Gasteiger partial charge in [0, 0.05) is 6.04 Å². The summed E-state index contributed by atoms with van der Waals surface area (Å²) in [5.74, 6) is -0.214. The smallest absolute Gasteiger partial charge is 0.264 e. The highest BCUT2D eigenvalue weighted by Gasteiger charge is 2.29. The second-order valence-electron chi connectivity index (χ2n) is 7.00. The number of rotatable bonds is 7. The Morgan fingerprint density at radius 3 is 2.25 bits per heavy atom. The van der Waals surface area contributed by atoms with Crippen LogP contribution in [0.25, 0.3) is 0 Å². The van der Waals surface area contributed by atoms with Crippen molar-refractivity contribution in [1.82, 2.24) is 5.32 Å². The van der Waals surface area contributed by atoms with Crippen LogP contribution in [0.3, 0.4) is 0 Å². The molecule has 0 saturated heterocycles. The van der Waals surface area contributed by atoms with Crippen molar-refractivity contribution in [1.29, 1.82) is 0 Å². The maximum atomic E-state index is 13.3. The van der Waals surface area contributed by atoms with Gasteiger partial charge >= 0.3 is 0 Å². The number of amides is 1. The molecule has 1 amide bonds.